The van der Waals surface area contributed by atoms with E-state index in [1.54, 1.807) is 11.9 Å². The van der Waals surface area contributed by atoms with Crippen LogP contribution < -0.4 is 10.5 Å². The Hall–Kier alpha value is -1.55. The molecular formula is C13H18N2O2. The number of carbonyl (C=O) groups is 1. The number of nitrogens with zero attached hydrogens (tertiary/aromatic N) is 1. The predicted octanol–water partition coefficient (Wildman–Crippen LogP) is 1.32. The number of hydrogen-bond donors (Lipinski definition) is 1. The molecule has 4 heteroatoms. The first kappa shape index (κ1) is 11.9. The van der Waals surface area contributed by atoms with Crippen molar-refractivity contribution in [3.05, 3.63) is 29.8 Å². The zero-order chi connectivity index (χ0) is 12.4. The third-order valence-corrected chi connectivity index (χ3v) is 3.06. The van der Waals surface area contributed by atoms with Crippen LogP contribution >= 0.6 is 0 Å². The van der Waals surface area contributed by atoms with Gasteiger partial charge in [-0.1, -0.05) is 18.2 Å². The van der Waals surface area contributed by atoms with Gasteiger partial charge in [0.05, 0.1) is 0 Å². The number of carbonyl (C=O) groups excluding carboxylic acids is 1. The number of para-hydroxylation sites is 1. The first-order chi connectivity index (χ1) is 8.09. The summed E-state index contributed by atoms with van der Waals surface area (Å²) in [6, 6.07) is 7.52. The summed E-state index contributed by atoms with van der Waals surface area (Å²) in [5.74, 6) is 0.764. The van der Waals surface area contributed by atoms with Crippen molar-refractivity contribution in [3.63, 3.8) is 0 Å². The van der Waals surface area contributed by atoms with Gasteiger partial charge in [-0.15, -0.1) is 0 Å². The molecule has 0 saturated carbocycles. The lowest BCUT2D eigenvalue weighted by Gasteiger charge is -2.17. The van der Waals surface area contributed by atoms with E-state index >= 15 is 0 Å². The average molecular weight is 234 g/mol. The lowest BCUT2D eigenvalue weighted by atomic mass is 10.1. The average Bonchev–Trinajstić information content (AvgIpc) is 2.61. The standard InChI is InChI=1S/C13H18N2O2/c1-9(14)10-5-3-4-6-11(10)17-12-7-8-15(2)13(12)16/h3-6,9,12H,7-8,14H2,1-2H3/t9-,12?/m1/s1. The molecule has 4 nitrogen and oxygen atoms in total. The highest BCUT2D eigenvalue weighted by molar-refractivity contribution is 5.83. The monoisotopic (exact) mass is 234 g/mol. The summed E-state index contributed by atoms with van der Waals surface area (Å²) in [4.78, 5) is 13.5. The van der Waals surface area contributed by atoms with Crippen LogP contribution in [-0.4, -0.2) is 30.5 Å². The highest BCUT2D eigenvalue weighted by atomic mass is 16.5. The molecule has 1 heterocycles. The second-order valence-electron chi connectivity index (χ2n) is 4.48. The van der Waals surface area contributed by atoms with Gasteiger partial charge in [0.2, 0.25) is 0 Å². The van der Waals surface area contributed by atoms with Gasteiger partial charge in [0.15, 0.2) is 6.10 Å². The topological polar surface area (TPSA) is 55.6 Å². The molecule has 1 aliphatic rings. The largest absolute Gasteiger partial charge is 0.480 e. The quantitative estimate of drug-likeness (QED) is 0.858. The van der Waals surface area contributed by atoms with Gasteiger partial charge in [0.25, 0.3) is 5.91 Å². The summed E-state index contributed by atoms with van der Waals surface area (Å²) < 4.78 is 5.78. The fourth-order valence-corrected chi connectivity index (χ4v) is 2.02. The van der Waals surface area contributed by atoms with E-state index in [9.17, 15) is 4.79 Å². The third-order valence-electron chi connectivity index (χ3n) is 3.06. The number of ether oxygens (including phenoxy) is 1. The fourth-order valence-electron chi connectivity index (χ4n) is 2.02. The van der Waals surface area contributed by atoms with Crippen LogP contribution in [0, 0.1) is 0 Å². The highest BCUT2D eigenvalue weighted by Gasteiger charge is 2.31. The summed E-state index contributed by atoms with van der Waals surface area (Å²) in [7, 11) is 1.79. The Labute approximate surface area is 101 Å². The molecule has 0 aliphatic carbocycles. The molecular weight excluding hydrogens is 216 g/mol. The normalized spacial score (nSPS) is 21.7. The molecule has 2 N–H and O–H groups in total. The van der Waals surface area contributed by atoms with Crippen LogP contribution in [0.15, 0.2) is 24.3 Å². The summed E-state index contributed by atoms with van der Waals surface area (Å²) in [6.07, 6.45) is 0.378. The first-order valence-electron chi connectivity index (χ1n) is 5.85. The lowest BCUT2D eigenvalue weighted by molar-refractivity contribution is -0.132. The number of amides is 1. The Morgan fingerprint density at radius 3 is 2.76 bits per heavy atom. The number of rotatable bonds is 3. The second-order valence-corrected chi connectivity index (χ2v) is 4.48. The maximum absolute atomic E-state index is 11.8. The molecule has 17 heavy (non-hydrogen) atoms. The van der Waals surface area contributed by atoms with Gasteiger partial charge in [0.1, 0.15) is 5.75 Å². The maximum atomic E-state index is 11.8. The predicted molar refractivity (Wildman–Crippen MR) is 65.7 cm³/mol. The van der Waals surface area contributed by atoms with E-state index in [0.29, 0.717) is 0 Å². The number of hydrogen-bond acceptors (Lipinski definition) is 3. The van der Waals surface area contributed by atoms with Gasteiger partial charge in [-0.05, 0) is 13.0 Å². The zero-order valence-corrected chi connectivity index (χ0v) is 10.2. The van der Waals surface area contributed by atoms with Gasteiger partial charge in [0, 0.05) is 31.6 Å². The minimum atomic E-state index is -0.361. The summed E-state index contributed by atoms with van der Waals surface area (Å²) >= 11 is 0. The molecule has 0 bridgehead atoms. The van der Waals surface area contributed by atoms with Crippen molar-refractivity contribution < 1.29 is 9.53 Å². The molecule has 1 aliphatic heterocycles. The van der Waals surface area contributed by atoms with E-state index in [4.69, 9.17) is 10.5 Å². The van der Waals surface area contributed by atoms with Gasteiger partial charge < -0.3 is 15.4 Å². The molecule has 1 unspecified atom stereocenters. The van der Waals surface area contributed by atoms with Crippen molar-refractivity contribution in [3.8, 4) is 5.75 Å². The smallest absolute Gasteiger partial charge is 0.263 e. The van der Waals surface area contributed by atoms with Crippen molar-refractivity contribution in [2.24, 2.45) is 5.73 Å². The Morgan fingerprint density at radius 2 is 2.18 bits per heavy atom. The van der Waals surface area contributed by atoms with Crippen LogP contribution in [0.3, 0.4) is 0 Å². The molecule has 0 spiro atoms. The Morgan fingerprint density at radius 1 is 1.47 bits per heavy atom. The van der Waals surface area contributed by atoms with Crippen molar-refractivity contribution >= 4 is 5.91 Å². The van der Waals surface area contributed by atoms with E-state index in [-0.39, 0.29) is 18.1 Å². The Kier molecular flexibility index (Phi) is 3.33. The number of likely N-dealkylation sites (N-methyl/N-ethyl adjacent to an activating group) is 1. The van der Waals surface area contributed by atoms with Crippen LogP contribution in [0.4, 0.5) is 0 Å². The van der Waals surface area contributed by atoms with E-state index < -0.39 is 0 Å². The molecule has 0 radical (unpaired) electrons. The maximum Gasteiger partial charge on any atom is 0.263 e. The molecule has 2 rings (SSSR count). The van der Waals surface area contributed by atoms with E-state index in [1.165, 1.54) is 0 Å². The van der Waals surface area contributed by atoms with Crippen LogP contribution in [-0.2, 0) is 4.79 Å². The van der Waals surface area contributed by atoms with Gasteiger partial charge in [-0.3, -0.25) is 4.79 Å². The lowest BCUT2D eigenvalue weighted by Crippen LogP contribution is -2.29. The third kappa shape index (κ3) is 2.42. The Balaban J connectivity index is 2.16. The van der Waals surface area contributed by atoms with Crippen LogP contribution in [0.25, 0.3) is 0 Å². The molecule has 2 atom stereocenters. The number of likely N-dealkylation sites (tertiary alicyclic amines) is 1. The molecule has 1 aromatic rings. The van der Waals surface area contributed by atoms with E-state index in [2.05, 4.69) is 0 Å². The van der Waals surface area contributed by atoms with E-state index in [1.807, 2.05) is 31.2 Å². The molecule has 1 fully saturated rings. The number of nitrogens with two attached hydrogens (primary N) is 1. The van der Waals surface area contributed by atoms with Crippen LogP contribution in [0.1, 0.15) is 24.9 Å². The minimum absolute atomic E-state index is 0.0458. The number of benzene rings is 1. The van der Waals surface area contributed by atoms with Crippen LogP contribution in [0.5, 0.6) is 5.75 Å². The SMILES string of the molecule is C[C@@H](N)c1ccccc1OC1CCN(C)C1=O. The van der Waals surface area contributed by atoms with Crippen molar-refractivity contribution in [2.45, 2.75) is 25.5 Å². The van der Waals surface area contributed by atoms with Gasteiger partial charge in [-0.2, -0.15) is 0 Å². The summed E-state index contributed by atoms with van der Waals surface area (Å²) in [6.45, 7) is 2.66. The zero-order valence-electron chi connectivity index (χ0n) is 10.2. The van der Waals surface area contributed by atoms with Crippen molar-refractivity contribution in [2.75, 3.05) is 13.6 Å². The van der Waals surface area contributed by atoms with Crippen molar-refractivity contribution in [1.82, 2.24) is 4.90 Å². The van der Waals surface area contributed by atoms with Crippen molar-refractivity contribution in [1.29, 1.82) is 0 Å². The van der Waals surface area contributed by atoms with Crippen LogP contribution in [0.2, 0.25) is 0 Å². The fraction of sp³-hybridized carbons (Fsp3) is 0.462. The first-order valence-corrected chi connectivity index (χ1v) is 5.85. The van der Waals surface area contributed by atoms with Gasteiger partial charge >= 0.3 is 0 Å². The van der Waals surface area contributed by atoms with Gasteiger partial charge in [-0.25, -0.2) is 0 Å². The molecule has 1 saturated heterocycles. The Bertz CT molecular complexity index is 418. The molecule has 92 valence electrons. The second kappa shape index (κ2) is 4.75. The molecule has 1 amide bonds. The highest BCUT2D eigenvalue weighted by Crippen LogP contribution is 2.26. The molecule has 1 aromatic carbocycles. The summed E-state index contributed by atoms with van der Waals surface area (Å²) in [5.41, 5.74) is 6.82. The molecule has 0 aromatic heterocycles. The van der Waals surface area contributed by atoms with E-state index in [0.717, 1.165) is 24.3 Å². The minimum Gasteiger partial charge on any atom is -0.480 e. The summed E-state index contributed by atoms with van der Waals surface area (Å²) in [5, 5.41) is 0.